The lowest BCUT2D eigenvalue weighted by atomic mass is 10.2. The topological polar surface area (TPSA) is 48.7 Å². The summed E-state index contributed by atoms with van der Waals surface area (Å²) in [5, 5.41) is -0.0153. The van der Waals surface area contributed by atoms with Crippen molar-refractivity contribution in [2.75, 3.05) is 6.61 Å². The van der Waals surface area contributed by atoms with Gasteiger partial charge in [0, 0.05) is 6.07 Å². The number of aryl methyl sites for hydroxylation is 1. The molecule has 28 heavy (non-hydrogen) atoms. The van der Waals surface area contributed by atoms with E-state index in [1.807, 2.05) is 6.92 Å². The van der Waals surface area contributed by atoms with Crippen molar-refractivity contribution in [1.29, 1.82) is 0 Å². The quantitative estimate of drug-likeness (QED) is 0.476. The van der Waals surface area contributed by atoms with Gasteiger partial charge in [-0.25, -0.2) is 0 Å². The first-order valence-electron chi connectivity index (χ1n) is 8.85. The molecule has 0 fully saturated rings. The van der Waals surface area contributed by atoms with Crippen molar-refractivity contribution in [3.8, 4) is 17.2 Å². The van der Waals surface area contributed by atoms with E-state index in [0.717, 1.165) is 18.4 Å². The van der Waals surface area contributed by atoms with Crippen LogP contribution in [0.15, 0.2) is 51.7 Å². The number of hydrogen-bond donors (Lipinski definition) is 0. The molecule has 0 amide bonds. The first-order valence-corrected chi connectivity index (χ1v) is 8.85. The average Bonchev–Trinajstić information content (AvgIpc) is 2.63. The van der Waals surface area contributed by atoms with Gasteiger partial charge in [0.25, 0.3) is 5.76 Å². The minimum Gasteiger partial charge on any atom is -0.493 e. The fraction of sp³-hybridized carbons (Fsp3) is 0.286. The van der Waals surface area contributed by atoms with E-state index >= 15 is 0 Å². The zero-order valence-corrected chi connectivity index (χ0v) is 15.4. The van der Waals surface area contributed by atoms with Gasteiger partial charge < -0.3 is 13.9 Å². The summed E-state index contributed by atoms with van der Waals surface area (Å²) in [5.74, 6) is -1.90. The molecule has 0 atom stereocenters. The summed E-state index contributed by atoms with van der Waals surface area (Å²) in [7, 11) is 0. The summed E-state index contributed by atoms with van der Waals surface area (Å²) >= 11 is 0. The molecular weight excluding hydrogens is 373 g/mol. The maximum absolute atomic E-state index is 13.5. The van der Waals surface area contributed by atoms with Gasteiger partial charge in [-0.15, -0.1) is 0 Å². The highest BCUT2D eigenvalue weighted by molar-refractivity contribution is 5.79. The van der Waals surface area contributed by atoms with Gasteiger partial charge in [-0.05, 0) is 43.2 Å². The number of alkyl halides is 3. The van der Waals surface area contributed by atoms with Crippen LogP contribution < -0.4 is 14.9 Å². The van der Waals surface area contributed by atoms with Crippen molar-refractivity contribution >= 4 is 11.0 Å². The van der Waals surface area contributed by atoms with Crippen LogP contribution in [0.2, 0.25) is 0 Å². The third-order valence-electron chi connectivity index (χ3n) is 4.06. The highest BCUT2D eigenvalue weighted by Gasteiger charge is 2.40. The highest BCUT2D eigenvalue weighted by Crippen LogP contribution is 2.38. The largest absolute Gasteiger partial charge is 0.493 e. The van der Waals surface area contributed by atoms with Crippen LogP contribution in [0.25, 0.3) is 11.0 Å². The van der Waals surface area contributed by atoms with E-state index in [1.54, 1.807) is 19.1 Å². The third-order valence-corrected chi connectivity index (χ3v) is 4.06. The molecule has 0 saturated carbocycles. The number of unbranched alkanes of at least 4 members (excludes halogenated alkanes) is 1. The van der Waals surface area contributed by atoms with Crippen LogP contribution in [0.5, 0.6) is 17.2 Å². The van der Waals surface area contributed by atoms with Gasteiger partial charge in [0.15, 0.2) is 0 Å². The van der Waals surface area contributed by atoms with Crippen LogP contribution in [0, 0.1) is 6.92 Å². The van der Waals surface area contributed by atoms with Crippen LogP contribution in [-0.4, -0.2) is 6.61 Å². The van der Waals surface area contributed by atoms with E-state index in [0.29, 0.717) is 12.4 Å². The van der Waals surface area contributed by atoms with Crippen LogP contribution in [-0.2, 0) is 6.18 Å². The van der Waals surface area contributed by atoms with Crippen molar-refractivity contribution < 1.29 is 27.1 Å². The number of benzene rings is 2. The van der Waals surface area contributed by atoms with Crippen LogP contribution >= 0.6 is 0 Å². The minimum atomic E-state index is -4.90. The SMILES string of the molecule is CCCCOc1ccc2c(=O)c(Oc3cccc(C)c3)c(C(F)(F)F)oc2c1. The lowest BCUT2D eigenvalue weighted by molar-refractivity contribution is -0.154. The Kier molecular flexibility index (Phi) is 5.63. The summed E-state index contributed by atoms with van der Waals surface area (Å²) in [6.07, 6.45) is -3.18. The number of fused-ring (bicyclic) bond motifs is 1. The second kappa shape index (κ2) is 7.96. The molecule has 0 unspecified atom stereocenters. The number of rotatable bonds is 6. The first kappa shape index (κ1) is 19.8. The summed E-state index contributed by atoms with van der Waals surface area (Å²) in [6, 6.07) is 10.6. The van der Waals surface area contributed by atoms with Crippen molar-refractivity contribution in [1.82, 2.24) is 0 Å². The van der Waals surface area contributed by atoms with Gasteiger partial charge in [-0.3, -0.25) is 4.79 Å². The molecule has 1 heterocycles. The Morgan fingerprint density at radius 3 is 2.54 bits per heavy atom. The zero-order valence-electron chi connectivity index (χ0n) is 15.4. The Morgan fingerprint density at radius 2 is 1.86 bits per heavy atom. The fourth-order valence-electron chi connectivity index (χ4n) is 2.66. The molecule has 0 saturated heterocycles. The average molecular weight is 392 g/mol. The molecule has 1 aromatic heterocycles. The Bertz CT molecular complexity index is 1040. The van der Waals surface area contributed by atoms with Crippen molar-refractivity contribution in [2.45, 2.75) is 32.9 Å². The predicted molar refractivity (Wildman–Crippen MR) is 99.1 cm³/mol. The van der Waals surface area contributed by atoms with Crippen LogP contribution in [0.4, 0.5) is 13.2 Å². The van der Waals surface area contributed by atoms with Gasteiger partial charge in [0.2, 0.25) is 11.2 Å². The Morgan fingerprint density at radius 1 is 1.07 bits per heavy atom. The molecule has 0 aliphatic carbocycles. The van der Waals surface area contributed by atoms with Crippen LogP contribution in [0.3, 0.4) is 0 Å². The maximum atomic E-state index is 13.5. The number of ether oxygens (including phenoxy) is 2. The summed E-state index contributed by atoms with van der Waals surface area (Å²) < 4.78 is 56.5. The maximum Gasteiger partial charge on any atom is 0.453 e. The second-order valence-electron chi connectivity index (χ2n) is 6.37. The molecule has 3 aromatic rings. The monoisotopic (exact) mass is 392 g/mol. The van der Waals surface area contributed by atoms with Gasteiger partial charge in [0.05, 0.1) is 12.0 Å². The predicted octanol–water partition coefficient (Wildman–Crippen LogP) is 6.09. The molecule has 4 nitrogen and oxygen atoms in total. The first-order chi connectivity index (χ1) is 13.3. The zero-order chi connectivity index (χ0) is 20.3. The van der Waals surface area contributed by atoms with Gasteiger partial charge in [0.1, 0.15) is 17.1 Å². The molecular formula is C21H19F3O4. The number of halogens is 3. The van der Waals surface area contributed by atoms with Crippen molar-refractivity contribution in [3.63, 3.8) is 0 Å². The molecule has 0 N–H and O–H groups in total. The normalized spacial score (nSPS) is 11.6. The van der Waals surface area contributed by atoms with E-state index in [-0.39, 0.29) is 16.7 Å². The molecule has 0 radical (unpaired) electrons. The Balaban J connectivity index is 2.10. The van der Waals surface area contributed by atoms with E-state index < -0.39 is 23.1 Å². The summed E-state index contributed by atoms with van der Waals surface area (Å²) in [5.41, 5.74) is -0.316. The van der Waals surface area contributed by atoms with E-state index in [9.17, 15) is 18.0 Å². The van der Waals surface area contributed by atoms with Gasteiger partial charge in [-0.2, -0.15) is 13.2 Å². The molecule has 0 bridgehead atoms. The van der Waals surface area contributed by atoms with E-state index in [4.69, 9.17) is 13.9 Å². The molecule has 0 spiro atoms. The fourth-order valence-corrected chi connectivity index (χ4v) is 2.66. The molecule has 7 heteroatoms. The van der Waals surface area contributed by atoms with E-state index in [2.05, 4.69) is 0 Å². The van der Waals surface area contributed by atoms with Crippen LogP contribution in [0.1, 0.15) is 31.1 Å². The number of hydrogen-bond acceptors (Lipinski definition) is 4. The lowest BCUT2D eigenvalue weighted by Gasteiger charge is -2.14. The Labute approximate surface area is 159 Å². The van der Waals surface area contributed by atoms with E-state index in [1.165, 1.54) is 30.3 Å². The molecule has 148 valence electrons. The highest BCUT2D eigenvalue weighted by atomic mass is 19.4. The second-order valence-corrected chi connectivity index (χ2v) is 6.37. The summed E-state index contributed by atoms with van der Waals surface area (Å²) in [4.78, 5) is 12.7. The Hall–Kier alpha value is -2.96. The van der Waals surface area contributed by atoms with Crippen molar-refractivity contribution in [2.24, 2.45) is 0 Å². The molecule has 2 aromatic carbocycles. The lowest BCUT2D eigenvalue weighted by Crippen LogP contribution is -2.15. The molecule has 0 aliphatic heterocycles. The standard InChI is InChI=1S/C21H19F3O4/c1-3-4-10-26-14-8-9-16-17(12-14)28-20(21(22,23)24)19(18(16)25)27-15-7-5-6-13(2)11-15/h5-9,11-12H,3-4,10H2,1-2H3. The minimum absolute atomic E-state index is 0.0153. The molecule has 0 aliphatic rings. The smallest absolute Gasteiger partial charge is 0.453 e. The van der Waals surface area contributed by atoms with Crippen molar-refractivity contribution in [3.05, 3.63) is 64.0 Å². The molecule has 3 rings (SSSR count). The van der Waals surface area contributed by atoms with Gasteiger partial charge >= 0.3 is 6.18 Å². The third kappa shape index (κ3) is 4.30. The summed E-state index contributed by atoms with van der Waals surface area (Å²) in [6.45, 7) is 4.18. The van der Waals surface area contributed by atoms with Gasteiger partial charge in [-0.1, -0.05) is 25.5 Å².